The van der Waals surface area contributed by atoms with E-state index in [2.05, 4.69) is 64.1 Å². The zero-order valence-corrected chi connectivity index (χ0v) is 15.0. The van der Waals surface area contributed by atoms with Crippen molar-refractivity contribution in [3.63, 3.8) is 0 Å². The topological polar surface area (TPSA) is 74.6 Å². The summed E-state index contributed by atoms with van der Waals surface area (Å²) in [7, 11) is -4.67. The lowest BCUT2D eigenvalue weighted by Crippen LogP contribution is -2.03. The number of fused-ring (bicyclic) bond motifs is 1. The fourth-order valence-electron chi connectivity index (χ4n) is 2.66. The van der Waals surface area contributed by atoms with Crippen LogP contribution in [0.25, 0.3) is 10.8 Å². The average molecular weight is 338 g/mol. The van der Waals surface area contributed by atoms with E-state index in [9.17, 15) is 0 Å². The predicted molar refractivity (Wildman–Crippen MR) is 95.2 cm³/mol. The largest absolute Gasteiger partial charge is 0.394 e. The van der Waals surface area contributed by atoms with Crippen LogP contribution in [0.3, 0.4) is 0 Å². The Hall–Kier alpha value is -1.43. The third-order valence-corrected chi connectivity index (χ3v) is 3.38. The quantitative estimate of drug-likeness (QED) is 0.800. The summed E-state index contributed by atoms with van der Waals surface area (Å²) in [6.07, 6.45) is 2.37. The normalized spacial score (nSPS) is 11.7. The first-order valence-corrected chi connectivity index (χ1v) is 9.17. The van der Waals surface area contributed by atoms with Gasteiger partial charge in [0.1, 0.15) is 0 Å². The molecular weight excluding hydrogens is 312 g/mol. The van der Waals surface area contributed by atoms with Crippen LogP contribution in [0, 0.1) is 11.8 Å². The van der Waals surface area contributed by atoms with E-state index >= 15 is 0 Å². The summed E-state index contributed by atoms with van der Waals surface area (Å²) in [5.74, 6) is 1.43. The maximum atomic E-state index is 8.74. The molecule has 0 saturated carbocycles. The molecule has 0 aromatic heterocycles. The second kappa shape index (κ2) is 8.43. The molecule has 2 aromatic rings. The molecule has 128 valence electrons. The lowest BCUT2D eigenvalue weighted by molar-refractivity contribution is 0.381. The molecule has 0 aliphatic carbocycles. The van der Waals surface area contributed by atoms with Crippen molar-refractivity contribution in [3.8, 4) is 0 Å². The molecule has 0 unspecified atom stereocenters. The molecule has 2 aromatic carbocycles. The number of hydrogen-bond donors (Lipinski definition) is 2. The highest BCUT2D eigenvalue weighted by Gasteiger charge is 2.10. The summed E-state index contributed by atoms with van der Waals surface area (Å²) >= 11 is 0. The molecule has 0 heterocycles. The van der Waals surface area contributed by atoms with E-state index in [1.807, 2.05) is 0 Å². The van der Waals surface area contributed by atoms with E-state index in [-0.39, 0.29) is 0 Å². The molecule has 2 N–H and O–H groups in total. The monoisotopic (exact) mass is 338 g/mol. The molecule has 0 bridgehead atoms. The van der Waals surface area contributed by atoms with Crippen molar-refractivity contribution in [2.24, 2.45) is 11.8 Å². The smallest absolute Gasteiger partial charge is 0.264 e. The second-order valence-electron chi connectivity index (χ2n) is 6.57. The summed E-state index contributed by atoms with van der Waals surface area (Å²) in [4.78, 5) is 0. The van der Waals surface area contributed by atoms with E-state index in [0.717, 1.165) is 5.92 Å². The molecule has 0 saturated heterocycles. The summed E-state index contributed by atoms with van der Waals surface area (Å²) in [6, 6.07) is 13.4. The first kappa shape index (κ1) is 19.6. The fourth-order valence-corrected chi connectivity index (χ4v) is 2.66. The van der Waals surface area contributed by atoms with Gasteiger partial charge < -0.3 is 0 Å². The lowest BCUT2D eigenvalue weighted by atomic mass is 9.89. The first-order chi connectivity index (χ1) is 10.6. The minimum absolute atomic E-state index is 0.710. The van der Waals surface area contributed by atoms with Crippen LogP contribution in [0.5, 0.6) is 0 Å². The molecule has 23 heavy (non-hydrogen) atoms. The van der Waals surface area contributed by atoms with Gasteiger partial charge in [-0.15, -0.1) is 0 Å². The van der Waals surface area contributed by atoms with Crippen molar-refractivity contribution in [1.29, 1.82) is 0 Å². The molecule has 0 fully saturated rings. The Morgan fingerprint density at radius 3 is 1.91 bits per heavy atom. The van der Waals surface area contributed by atoms with E-state index in [1.54, 1.807) is 5.56 Å². The Balaban J connectivity index is 0.000000463. The highest BCUT2D eigenvalue weighted by atomic mass is 32.3. The standard InChI is InChI=1S/C18H24.H2O4S/c1-13(2)11-16-10-9-15-7-5-6-8-17(15)18(16)12-14(3)4;1-5(2,3)4/h5-10,13-14H,11-12H2,1-4H3;(H2,1,2,3,4). The maximum Gasteiger partial charge on any atom is 0.394 e. The van der Waals surface area contributed by atoms with Crippen molar-refractivity contribution in [2.45, 2.75) is 40.5 Å². The van der Waals surface area contributed by atoms with Crippen molar-refractivity contribution in [3.05, 3.63) is 47.5 Å². The summed E-state index contributed by atoms with van der Waals surface area (Å²) in [5, 5.41) is 2.82. The average Bonchev–Trinajstić information content (AvgIpc) is 2.38. The van der Waals surface area contributed by atoms with Crippen LogP contribution in [0.1, 0.15) is 38.8 Å². The van der Waals surface area contributed by atoms with E-state index < -0.39 is 10.4 Å². The summed E-state index contributed by atoms with van der Waals surface area (Å²) in [6.45, 7) is 9.21. The van der Waals surface area contributed by atoms with Crippen LogP contribution in [0.15, 0.2) is 36.4 Å². The van der Waals surface area contributed by atoms with Gasteiger partial charge in [0.25, 0.3) is 0 Å². The Labute approximate surface area is 139 Å². The van der Waals surface area contributed by atoms with Gasteiger partial charge in [-0.25, -0.2) is 0 Å². The number of rotatable bonds is 4. The van der Waals surface area contributed by atoms with Crippen molar-refractivity contribution in [2.75, 3.05) is 0 Å². The van der Waals surface area contributed by atoms with Gasteiger partial charge in [0, 0.05) is 0 Å². The third-order valence-electron chi connectivity index (χ3n) is 3.38. The molecule has 0 amide bonds. The van der Waals surface area contributed by atoms with Crippen molar-refractivity contribution in [1.82, 2.24) is 0 Å². The van der Waals surface area contributed by atoms with Crippen molar-refractivity contribution < 1.29 is 17.5 Å². The van der Waals surface area contributed by atoms with Crippen LogP contribution < -0.4 is 0 Å². The predicted octanol–water partition coefficient (Wildman–Crippen LogP) is 4.58. The van der Waals surface area contributed by atoms with Gasteiger partial charge in [0.2, 0.25) is 0 Å². The molecule has 0 spiro atoms. The number of hydrogen-bond acceptors (Lipinski definition) is 2. The van der Waals surface area contributed by atoms with Gasteiger partial charge in [-0.2, -0.15) is 8.42 Å². The SMILES string of the molecule is CC(C)Cc1ccc2ccccc2c1CC(C)C.O=S(=O)(O)O. The van der Waals surface area contributed by atoms with E-state index in [4.69, 9.17) is 17.5 Å². The first-order valence-electron chi connectivity index (χ1n) is 7.77. The second-order valence-corrected chi connectivity index (χ2v) is 7.46. The van der Waals surface area contributed by atoms with E-state index in [1.165, 1.54) is 29.2 Å². The molecule has 4 nitrogen and oxygen atoms in total. The van der Waals surface area contributed by atoms with Crippen molar-refractivity contribution >= 4 is 21.2 Å². The van der Waals surface area contributed by atoms with Crippen LogP contribution >= 0.6 is 0 Å². The van der Waals surface area contributed by atoms with Crippen LogP contribution in [-0.2, 0) is 23.2 Å². The van der Waals surface area contributed by atoms with Crippen LogP contribution in [0.2, 0.25) is 0 Å². The molecule has 5 heteroatoms. The van der Waals surface area contributed by atoms with Gasteiger partial charge in [-0.05, 0) is 46.6 Å². The Kier molecular flexibility index (Phi) is 7.19. The maximum absolute atomic E-state index is 8.74. The van der Waals surface area contributed by atoms with Gasteiger partial charge in [0.05, 0.1) is 0 Å². The zero-order valence-electron chi connectivity index (χ0n) is 14.2. The minimum Gasteiger partial charge on any atom is -0.264 e. The zero-order chi connectivity index (χ0) is 17.6. The molecule has 0 atom stereocenters. The highest BCUT2D eigenvalue weighted by molar-refractivity contribution is 7.79. The van der Waals surface area contributed by atoms with Gasteiger partial charge in [-0.1, -0.05) is 64.1 Å². The summed E-state index contributed by atoms with van der Waals surface area (Å²) in [5.41, 5.74) is 3.11. The molecule has 0 aliphatic rings. The highest BCUT2D eigenvalue weighted by Crippen LogP contribution is 2.26. The summed E-state index contributed by atoms with van der Waals surface area (Å²) < 4.78 is 31.6. The van der Waals surface area contributed by atoms with E-state index in [0.29, 0.717) is 5.92 Å². The third kappa shape index (κ3) is 7.59. The molecule has 0 radical (unpaired) electrons. The Morgan fingerprint density at radius 2 is 1.39 bits per heavy atom. The molecule has 2 rings (SSSR count). The Bertz CT molecular complexity index is 726. The fraction of sp³-hybridized carbons (Fsp3) is 0.444. The lowest BCUT2D eigenvalue weighted by Gasteiger charge is -2.16. The van der Waals surface area contributed by atoms with Crippen LogP contribution in [-0.4, -0.2) is 17.5 Å². The molecular formula is C18H26O4S. The van der Waals surface area contributed by atoms with Crippen LogP contribution in [0.4, 0.5) is 0 Å². The Morgan fingerprint density at radius 1 is 0.870 bits per heavy atom. The van der Waals surface area contributed by atoms with Gasteiger partial charge in [-0.3, -0.25) is 9.11 Å². The van der Waals surface area contributed by atoms with Gasteiger partial charge in [0.15, 0.2) is 0 Å². The molecule has 0 aliphatic heterocycles. The minimum atomic E-state index is -4.67. The number of benzene rings is 2. The van der Waals surface area contributed by atoms with Gasteiger partial charge >= 0.3 is 10.4 Å².